The van der Waals surface area contributed by atoms with Gasteiger partial charge in [0.05, 0.1) is 17.5 Å². The van der Waals surface area contributed by atoms with Gasteiger partial charge in [0.1, 0.15) is 5.75 Å². The lowest BCUT2D eigenvalue weighted by molar-refractivity contribution is -0.0697. The number of aliphatic hydroxyl groups excluding tert-OH is 1. The van der Waals surface area contributed by atoms with Crippen LogP contribution in [0.1, 0.15) is 49.9 Å². The second-order valence-electron chi connectivity index (χ2n) is 7.14. The first-order chi connectivity index (χ1) is 12.5. The first-order valence-corrected chi connectivity index (χ1v) is 9.12. The van der Waals surface area contributed by atoms with Crippen LogP contribution in [0.15, 0.2) is 65.5 Å². The maximum Gasteiger partial charge on any atom is 0.218 e. The van der Waals surface area contributed by atoms with E-state index in [4.69, 9.17) is 9.84 Å². The van der Waals surface area contributed by atoms with Crippen molar-refractivity contribution in [3.8, 4) is 5.75 Å². The molecular weight excluding hydrogens is 324 g/mol. The van der Waals surface area contributed by atoms with E-state index in [9.17, 15) is 5.11 Å². The van der Waals surface area contributed by atoms with Crippen LogP contribution in [-0.4, -0.2) is 21.6 Å². The molecule has 4 nitrogen and oxygen atoms in total. The van der Waals surface area contributed by atoms with E-state index >= 15 is 0 Å². The van der Waals surface area contributed by atoms with Crippen LogP contribution in [0.4, 0.5) is 0 Å². The van der Waals surface area contributed by atoms with Crippen LogP contribution < -0.4 is 4.74 Å². The molecule has 4 heteroatoms. The zero-order valence-corrected chi connectivity index (χ0v) is 15.4. The number of aryl methyl sites for hydroxylation is 1. The highest BCUT2D eigenvalue weighted by Gasteiger charge is 2.46. The molecule has 2 atom stereocenters. The van der Waals surface area contributed by atoms with E-state index in [0.717, 1.165) is 35.4 Å². The summed E-state index contributed by atoms with van der Waals surface area (Å²) in [6.45, 7) is 5.77. The average molecular weight is 348 g/mol. The lowest BCUT2D eigenvalue weighted by Gasteiger charge is -2.44. The molecule has 0 aliphatic carbocycles. The number of nitrogens with zero attached hydrogens (tertiary/aromatic N) is 2. The van der Waals surface area contributed by atoms with Gasteiger partial charge in [0.15, 0.2) is 0 Å². The Morgan fingerprint density at radius 3 is 2.69 bits per heavy atom. The van der Waals surface area contributed by atoms with Gasteiger partial charge in [0.25, 0.3) is 0 Å². The van der Waals surface area contributed by atoms with Crippen molar-refractivity contribution < 1.29 is 9.84 Å². The summed E-state index contributed by atoms with van der Waals surface area (Å²) in [6.07, 6.45) is 3.57. The van der Waals surface area contributed by atoms with Crippen LogP contribution in [0.5, 0.6) is 5.75 Å². The molecule has 2 aliphatic heterocycles. The van der Waals surface area contributed by atoms with Crippen molar-refractivity contribution in [3.05, 3.63) is 77.1 Å². The van der Waals surface area contributed by atoms with E-state index in [0.29, 0.717) is 0 Å². The minimum atomic E-state index is -0.817. The third-order valence-corrected chi connectivity index (χ3v) is 5.13. The van der Waals surface area contributed by atoms with Crippen molar-refractivity contribution in [1.82, 2.24) is 5.01 Å². The van der Waals surface area contributed by atoms with Crippen LogP contribution >= 0.6 is 0 Å². The molecule has 2 aromatic rings. The largest absolute Gasteiger partial charge is 0.513 e. The molecule has 0 saturated heterocycles. The van der Waals surface area contributed by atoms with Gasteiger partial charge in [-0.2, -0.15) is 5.10 Å². The number of allylic oxidation sites excluding steroid dienone is 1. The average Bonchev–Trinajstić information content (AvgIpc) is 3.08. The van der Waals surface area contributed by atoms with Gasteiger partial charge in [0.2, 0.25) is 5.72 Å². The molecule has 0 fully saturated rings. The van der Waals surface area contributed by atoms with Crippen LogP contribution in [0.3, 0.4) is 0 Å². The quantitative estimate of drug-likeness (QED) is 0.797. The molecule has 0 amide bonds. The maximum absolute atomic E-state index is 9.88. The minimum absolute atomic E-state index is 0.0985. The molecule has 26 heavy (non-hydrogen) atoms. The Balaban J connectivity index is 1.77. The van der Waals surface area contributed by atoms with Crippen LogP contribution in [0.25, 0.3) is 0 Å². The summed E-state index contributed by atoms with van der Waals surface area (Å²) < 4.78 is 6.25. The topological polar surface area (TPSA) is 45.1 Å². The van der Waals surface area contributed by atoms with Gasteiger partial charge in [0, 0.05) is 25.0 Å². The molecule has 2 aliphatic rings. The van der Waals surface area contributed by atoms with E-state index in [1.807, 2.05) is 30.1 Å². The first-order valence-electron chi connectivity index (χ1n) is 9.12. The fourth-order valence-electron chi connectivity index (χ4n) is 3.87. The Labute approximate surface area is 154 Å². The first kappa shape index (κ1) is 16.7. The SMILES string of the molecule is CCc1ccc(C2=NN3[C@@H](C2)c2ccccc2O[C@]3(C)/C=C(/C)O)cc1. The van der Waals surface area contributed by atoms with Crippen LogP contribution in [0, 0.1) is 0 Å². The van der Waals surface area contributed by atoms with Crippen LogP contribution in [-0.2, 0) is 6.42 Å². The van der Waals surface area contributed by atoms with Gasteiger partial charge in [-0.15, -0.1) is 0 Å². The molecule has 0 unspecified atom stereocenters. The monoisotopic (exact) mass is 348 g/mol. The molecule has 134 valence electrons. The van der Waals surface area contributed by atoms with Crippen molar-refractivity contribution in [2.24, 2.45) is 5.10 Å². The molecular formula is C22H24N2O2. The minimum Gasteiger partial charge on any atom is -0.513 e. The normalized spacial score (nSPS) is 24.6. The Morgan fingerprint density at radius 1 is 1.27 bits per heavy atom. The zero-order chi connectivity index (χ0) is 18.3. The van der Waals surface area contributed by atoms with Crippen LogP contribution in [0.2, 0.25) is 0 Å². The number of fused-ring (bicyclic) bond motifs is 3. The Hall–Kier alpha value is -2.75. The Morgan fingerprint density at radius 2 is 2.00 bits per heavy atom. The molecule has 0 spiro atoms. The summed E-state index contributed by atoms with van der Waals surface area (Å²) in [7, 11) is 0. The fourth-order valence-corrected chi connectivity index (χ4v) is 3.87. The van der Waals surface area contributed by atoms with Gasteiger partial charge in [-0.05, 0) is 30.5 Å². The maximum atomic E-state index is 9.88. The second-order valence-corrected chi connectivity index (χ2v) is 7.14. The number of hydrogen-bond donors (Lipinski definition) is 1. The number of benzene rings is 2. The van der Waals surface area contributed by atoms with Crippen molar-refractivity contribution in [3.63, 3.8) is 0 Å². The number of rotatable bonds is 3. The van der Waals surface area contributed by atoms with E-state index < -0.39 is 5.72 Å². The highest BCUT2D eigenvalue weighted by atomic mass is 16.5. The lowest BCUT2D eigenvalue weighted by atomic mass is 9.94. The Kier molecular flexibility index (Phi) is 3.98. The lowest BCUT2D eigenvalue weighted by Crippen LogP contribution is -2.50. The third kappa shape index (κ3) is 2.75. The van der Waals surface area contributed by atoms with Crippen molar-refractivity contribution in [2.75, 3.05) is 0 Å². The van der Waals surface area contributed by atoms with Gasteiger partial charge >= 0.3 is 0 Å². The highest BCUT2D eigenvalue weighted by molar-refractivity contribution is 6.02. The number of aliphatic hydroxyl groups is 1. The molecule has 0 radical (unpaired) electrons. The van der Waals surface area contributed by atoms with Crippen molar-refractivity contribution in [1.29, 1.82) is 0 Å². The standard InChI is InChI=1S/C22H24N2O2/c1-4-16-9-11-17(12-10-16)19-13-20-18-7-5-6-8-21(18)26-22(3,14-15(2)25)24(20)23-19/h5-12,14,20,25H,4,13H2,1-3H3/b15-14-/t20-,22+/m0/s1. The van der Waals surface area contributed by atoms with E-state index in [2.05, 4.69) is 37.3 Å². The molecule has 4 rings (SSSR count). The predicted octanol–water partition coefficient (Wildman–Crippen LogP) is 4.97. The smallest absolute Gasteiger partial charge is 0.218 e. The summed E-state index contributed by atoms with van der Waals surface area (Å²) in [5.74, 6) is 1.08. The molecule has 1 N–H and O–H groups in total. The number of para-hydroxylation sites is 1. The van der Waals surface area contributed by atoms with E-state index in [1.54, 1.807) is 13.0 Å². The summed E-state index contributed by atoms with van der Waals surface area (Å²) in [4.78, 5) is 0. The molecule has 2 heterocycles. The summed E-state index contributed by atoms with van der Waals surface area (Å²) >= 11 is 0. The Bertz CT molecular complexity index is 881. The van der Waals surface area contributed by atoms with E-state index in [1.165, 1.54) is 5.56 Å². The molecule has 0 saturated carbocycles. The number of hydrazone groups is 1. The van der Waals surface area contributed by atoms with Gasteiger partial charge < -0.3 is 9.84 Å². The fraction of sp³-hybridized carbons (Fsp3) is 0.318. The van der Waals surface area contributed by atoms with Crippen molar-refractivity contribution >= 4 is 5.71 Å². The number of hydrogen-bond acceptors (Lipinski definition) is 4. The third-order valence-electron chi connectivity index (χ3n) is 5.13. The highest BCUT2D eigenvalue weighted by Crippen LogP contribution is 2.47. The van der Waals surface area contributed by atoms with Gasteiger partial charge in [-0.3, -0.25) is 0 Å². The molecule has 0 aromatic heterocycles. The molecule has 2 aromatic carbocycles. The summed E-state index contributed by atoms with van der Waals surface area (Å²) in [6, 6.07) is 16.8. The zero-order valence-electron chi connectivity index (χ0n) is 15.4. The van der Waals surface area contributed by atoms with Gasteiger partial charge in [-0.1, -0.05) is 49.4 Å². The summed E-state index contributed by atoms with van der Waals surface area (Å²) in [5, 5.41) is 16.8. The van der Waals surface area contributed by atoms with Gasteiger partial charge in [-0.25, -0.2) is 5.01 Å². The van der Waals surface area contributed by atoms with Crippen molar-refractivity contribution in [2.45, 2.75) is 45.4 Å². The predicted molar refractivity (Wildman–Crippen MR) is 103 cm³/mol. The number of ether oxygens (including phenoxy) is 1. The summed E-state index contributed by atoms with van der Waals surface area (Å²) in [5.41, 5.74) is 3.83. The molecule has 0 bridgehead atoms. The second kappa shape index (κ2) is 6.20. The van der Waals surface area contributed by atoms with E-state index in [-0.39, 0.29) is 11.8 Å².